The summed E-state index contributed by atoms with van der Waals surface area (Å²) in [7, 11) is 0. The maximum absolute atomic E-state index is 13.4. The second-order valence-corrected chi connectivity index (χ2v) is 8.14. The van der Waals surface area contributed by atoms with Gasteiger partial charge >= 0.3 is 0 Å². The lowest BCUT2D eigenvalue weighted by Crippen LogP contribution is -2.49. The molecule has 4 heteroatoms. The molecule has 1 N–H and O–H groups in total. The smallest absolute Gasteiger partial charge is 0.199 e. The van der Waals surface area contributed by atoms with E-state index in [1.807, 2.05) is 96.7 Å². The Hall–Kier alpha value is -3.34. The highest BCUT2D eigenvalue weighted by molar-refractivity contribution is 6.04. The molecule has 0 saturated heterocycles. The van der Waals surface area contributed by atoms with Crippen LogP contribution in [0.2, 0.25) is 0 Å². The molecule has 32 heavy (non-hydrogen) atoms. The molecule has 3 atom stereocenters. The van der Waals surface area contributed by atoms with Crippen molar-refractivity contribution in [3.8, 4) is 11.1 Å². The van der Waals surface area contributed by atoms with Crippen molar-refractivity contribution < 1.29 is 19.2 Å². The third kappa shape index (κ3) is 4.77. The monoisotopic (exact) mass is 426 g/mol. The summed E-state index contributed by atoms with van der Waals surface area (Å²) in [5.41, 5.74) is 1.74. The van der Waals surface area contributed by atoms with Crippen LogP contribution in [0.15, 0.2) is 109 Å². The summed E-state index contributed by atoms with van der Waals surface area (Å²) in [5.74, 6) is -0.247. The molecule has 0 aliphatic heterocycles. The Morgan fingerprint density at radius 3 is 2.25 bits per heavy atom. The average molecular weight is 427 g/mol. The summed E-state index contributed by atoms with van der Waals surface area (Å²) >= 11 is 0. The molecule has 4 nitrogen and oxygen atoms in total. The molecule has 1 heterocycles. The zero-order valence-corrected chi connectivity index (χ0v) is 18.2. The molecule has 3 unspecified atom stereocenters. The number of pyridine rings is 1. The number of hydrogen-bond acceptors (Lipinski definition) is 3. The normalized spacial score (nSPS) is 20.8. The van der Waals surface area contributed by atoms with Gasteiger partial charge in [0, 0.05) is 23.6 Å². The fourth-order valence-electron chi connectivity index (χ4n) is 4.00. The molecule has 4 rings (SSSR count). The quantitative estimate of drug-likeness (QED) is 0.429. The first-order chi connectivity index (χ1) is 15.6. The van der Waals surface area contributed by atoms with Gasteiger partial charge in [-0.3, -0.25) is 4.79 Å². The summed E-state index contributed by atoms with van der Waals surface area (Å²) < 4.78 is 8.10. The Morgan fingerprint density at radius 2 is 1.59 bits per heavy atom. The van der Waals surface area contributed by atoms with Gasteiger partial charge in [0.15, 0.2) is 30.3 Å². The fraction of sp³-hybridized carbons (Fsp3) is 0.214. The number of benzene rings is 2. The fourth-order valence-corrected chi connectivity index (χ4v) is 4.00. The second-order valence-electron chi connectivity index (χ2n) is 8.14. The highest BCUT2D eigenvalue weighted by atomic mass is 16.5. The predicted octanol–water partition coefficient (Wildman–Crippen LogP) is 4.40. The van der Waals surface area contributed by atoms with E-state index in [1.54, 1.807) is 12.1 Å². The molecule has 0 radical (unpaired) electrons. The standard InChI is InChI=1S/C28H28NO3/c1-22-10-8-9-17-28(22,27(31)25-13-6-3-7-14-25)32-21-26(30)20-29-18-15-24(16-19-29)23-11-4-2-5-12-23/h2-19,22,26,30H,20-21H2,1H3/q+1. The second kappa shape index (κ2) is 9.86. The Bertz CT molecular complexity index is 1090. The van der Waals surface area contributed by atoms with E-state index >= 15 is 0 Å². The summed E-state index contributed by atoms with van der Waals surface area (Å²) in [6.45, 7) is 2.39. The van der Waals surface area contributed by atoms with E-state index in [-0.39, 0.29) is 18.3 Å². The molecule has 162 valence electrons. The minimum atomic E-state index is -1.13. The first-order valence-corrected chi connectivity index (χ1v) is 10.9. The summed E-state index contributed by atoms with van der Waals surface area (Å²) in [4.78, 5) is 13.4. The van der Waals surface area contributed by atoms with Crippen LogP contribution in [0.3, 0.4) is 0 Å². The van der Waals surface area contributed by atoms with Gasteiger partial charge in [0.2, 0.25) is 0 Å². The Labute approximate surface area is 189 Å². The Kier molecular flexibility index (Phi) is 6.74. The Balaban J connectivity index is 1.44. The number of aliphatic hydroxyl groups is 1. The summed E-state index contributed by atoms with van der Waals surface area (Å²) in [6, 6.07) is 23.4. The van der Waals surface area contributed by atoms with E-state index in [9.17, 15) is 9.90 Å². The minimum Gasteiger partial charge on any atom is -0.384 e. The molecular weight excluding hydrogens is 398 g/mol. The zero-order chi connectivity index (χ0) is 22.4. The van der Waals surface area contributed by atoms with Crippen molar-refractivity contribution in [2.24, 2.45) is 5.92 Å². The van der Waals surface area contributed by atoms with Crippen LogP contribution in [-0.4, -0.2) is 29.2 Å². The van der Waals surface area contributed by atoms with Crippen LogP contribution in [0, 0.1) is 5.92 Å². The van der Waals surface area contributed by atoms with Crippen molar-refractivity contribution in [1.82, 2.24) is 0 Å². The van der Waals surface area contributed by atoms with Crippen molar-refractivity contribution in [3.63, 3.8) is 0 Å². The Morgan fingerprint density at radius 1 is 0.969 bits per heavy atom. The van der Waals surface area contributed by atoms with Crippen molar-refractivity contribution in [2.75, 3.05) is 6.61 Å². The first kappa shape index (κ1) is 21.9. The van der Waals surface area contributed by atoms with Gasteiger partial charge in [0.1, 0.15) is 6.10 Å². The molecule has 2 aromatic carbocycles. The van der Waals surface area contributed by atoms with E-state index in [0.717, 1.165) is 11.1 Å². The molecule has 1 aliphatic carbocycles. The SMILES string of the molecule is CC1C=CC=CC1(OCC(O)C[n+]1ccc(-c2ccccc2)cc1)C(=O)c1ccccc1. The van der Waals surface area contributed by atoms with E-state index in [4.69, 9.17) is 4.74 Å². The molecule has 3 aromatic rings. The largest absolute Gasteiger partial charge is 0.384 e. The van der Waals surface area contributed by atoms with Crippen LogP contribution in [0.5, 0.6) is 0 Å². The molecule has 0 saturated carbocycles. The molecule has 0 spiro atoms. The van der Waals surface area contributed by atoms with E-state index in [0.29, 0.717) is 12.1 Å². The number of nitrogens with zero attached hydrogens (tertiary/aromatic N) is 1. The van der Waals surface area contributed by atoms with Crippen LogP contribution < -0.4 is 4.57 Å². The average Bonchev–Trinajstić information content (AvgIpc) is 2.85. The molecule has 1 aliphatic rings. The number of carbonyl (C=O) groups is 1. The van der Waals surface area contributed by atoms with Crippen LogP contribution in [0.1, 0.15) is 17.3 Å². The minimum absolute atomic E-state index is 0.0501. The lowest BCUT2D eigenvalue weighted by Gasteiger charge is -2.35. The van der Waals surface area contributed by atoms with Crippen molar-refractivity contribution in [3.05, 3.63) is 115 Å². The van der Waals surface area contributed by atoms with Crippen LogP contribution in [0.4, 0.5) is 0 Å². The third-order valence-corrected chi connectivity index (χ3v) is 5.86. The zero-order valence-electron chi connectivity index (χ0n) is 18.2. The number of ketones is 1. The molecule has 1 aromatic heterocycles. The number of allylic oxidation sites excluding steroid dienone is 2. The van der Waals surface area contributed by atoms with Gasteiger partial charge in [-0.25, -0.2) is 4.57 Å². The molecular formula is C28H28NO3+. The predicted molar refractivity (Wildman–Crippen MR) is 125 cm³/mol. The van der Waals surface area contributed by atoms with E-state index in [2.05, 4.69) is 12.1 Å². The van der Waals surface area contributed by atoms with Crippen molar-refractivity contribution in [2.45, 2.75) is 25.2 Å². The van der Waals surface area contributed by atoms with Gasteiger partial charge in [-0.15, -0.1) is 0 Å². The highest BCUT2D eigenvalue weighted by Crippen LogP contribution is 2.32. The lowest BCUT2D eigenvalue weighted by molar-refractivity contribution is -0.703. The van der Waals surface area contributed by atoms with Gasteiger partial charge in [0.25, 0.3) is 0 Å². The van der Waals surface area contributed by atoms with Crippen LogP contribution in [0.25, 0.3) is 11.1 Å². The van der Waals surface area contributed by atoms with E-state index < -0.39 is 11.7 Å². The van der Waals surface area contributed by atoms with Gasteiger partial charge in [-0.1, -0.05) is 85.8 Å². The number of aliphatic hydroxyl groups excluding tert-OH is 1. The topological polar surface area (TPSA) is 50.4 Å². The highest BCUT2D eigenvalue weighted by Gasteiger charge is 2.43. The molecule has 0 amide bonds. The maximum Gasteiger partial charge on any atom is 0.199 e. The molecule has 0 bridgehead atoms. The van der Waals surface area contributed by atoms with E-state index in [1.165, 1.54) is 0 Å². The van der Waals surface area contributed by atoms with Gasteiger partial charge in [-0.2, -0.15) is 0 Å². The van der Waals surface area contributed by atoms with Crippen molar-refractivity contribution in [1.29, 1.82) is 0 Å². The molecule has 0 fully saturated rings. The van der Waals surface area contributed by atoms with Gasteiger partial charge < -0.3 is 9.84 Å². The van der Waals surface area contributed by atoms with Gasteiger partial charge in [-0.05, 0) is 17.2 Å². The number of ether oxygens (including phenoxy) is 1. The lowest BCUT2D eigenvalue weighted by atomic mass is 9.79. The number of aromatic nitrogens is 1. The van der Waals surface area contributed by atoms with Crippen LogP contribution >= 0.6 is 0 Å². The number of hydrogen-bond donors (Lipinski definition) is 1. The maximum atomic E-state index is 13.4. The number of carbonyl (C=O) groups excluding carboxylic acids is 1. The summed E-state index contributed by atoms with van der Waals surface area (Å²) in [6.07, 6.45) is 10.7. The van der Waals surface area contributed by atoms with Crippen LogP contribution in [-0.2, 0) is 11.3 Å². The van der Waals surface area contributed by atoms with Gasteiger partial charge in [0.05, 0.1) is 6.61 Å². The third-order valence-electron chi connectivity index (χ3n) is 5.86. The summed E-state index contributed by atoms with van der Waals surface area (Å²) in [5, 5.41) is 10.7. The number of Topliss-reactive ketones (excluding diaryl/α,β-unsaturated/α-hetero) is 1. The van der Waals surface area contributed by atoms with Crippen molar-refractivity contribution >= 4 is 5.78 Å². The first-order valence-electron chi connectivity index (χ1n) is 10.9. The number of rotatable bonds is 8.